The van der Waals surface area contributed by atoms with Crippen LogP contribution in [0.5, 0.6) is 11.8 Å². The molecule has 2 aromatic rings. The molecule has 0 spiro atoms. The van der Waals surface area contributed by atoms with Crippen molar-refractivity contribution in [2.75, 3.05) is 0 Å². The molecule has 0 aliphatic carbocycles. The first-order valence-electron chi connectivity index (χ1n) is 4.37. The summed E-state index contributed by atoms with van der Waals surface area (Å²) in [6, 6.07) is 6.83. The van der Waals surface area contributed by atoms with E-state index in [1.165, 1.54) is 6.20 Å². The van der Waals surface area contributed by atoms with E-state index < -0.39 is 5.97 Å². The van der Waals surface area contributed by atoms with Crippen LogP contribution < -0.4 is 4.74 Å². The molecular weight excluding hydrogens is 232 g/mol. The van der Waals surface area contributed by atoms with Gasteiger partial charge in [-0.15, -0.1) is 0 Å². The van der Waals surface area contributed by atoms with Gasteiger partial charge in [-0.05, 0) is 18.2 Å². The largest absolute Gasteiger partial charge is 0.477 e. The number of carbonyl (C=O) groups is 1. The number of hydrogen-bond acceptors (Lipinski definition) is 3. The van der Waals surface area contributed by atoms with Crippen LogP contribution in [0.2, 0.25) is 5.02 Å². The Balaban J connectivity index is 2.17. The number of imidazole rings is 1. The molecule has 1 aromatic heterocycles. The predicted molar refractivity (Wildman–Crippen MR) is 57.1 cm³/mol. The number of nitrogens with zero attached hydrogens (tertiary/aromatic N) is 1. The molecule has 6 heteroatoms. The number of aromatic carboxylic acids is 1. The minimum absolute atomic E-state index is 0.0305. The minimum Gasteiger partial charge on any atom is -0.477 e. The van der Waals surface area contributed by atoms with Crippen LogP contribution in [-0.4, -0.2) is 21.0 Å². The van der Waals surface area contributed by atoms with Crippen molar-refractivity contribution in [2.45, 2.75) is 0 Å². The summed E-state index contributed by atoms with van der Waals surface area (Å²) in [7, 11) is 0. The lowest BCUT2D eigenvalue weighted by atomic mass is 10.3. The molecule has 0 radical (unpaired) electrons. The molecule has 1 heterocycles. The maximum atomic E-state index is 10.6. The Morgan fingerprint density at radius 1 is 1.50 bits per heavy atom. The van der Waals surface area contributed by atoms with Gasteiger partial charge < -0.3 is 14.8 Å². The third-order valence-electron chi connectivity index (χ3n) is 1.79. The average Bonchev–Trinajstić information content (AvgIpc) is 2.66. The summed E-state index contributed by atoms with van der Waals surface area (Å²) >= 11 is 5.76. The van der Waals surface area contributed by atoms with Crippen molar-refractivity contribution >= 4 is 17.6 Å². The van der Waals surface area contributed by atoms with Gasteiger partial charge in [-0.1, -0.05) is 17.7 Å². The highest BCUT2D eigenvalue weighted by Gasteiger charge is 2.08. The number of aromatic amines is 1. The maximum absolute atomic E-state index is 10.6. The molecule has 1 aromatic carbocycles. The number of ether oxygens (including phenoxy) is 1. The van der Waals surface area contributed by atoms with Crippen molar-refractivity contribution in [3.05, 3.63) is 41.2 Å². The summed E-state index contributed by atoms with van der Waals surface area (Å²) in [6.07, 6.45) is 1.18. The van der Waals surface area contributed by atoms with Crippen LogP contribution in [0.3, 0.4) is 0 Å². The fourth-order valence-electron chi connectivity index (χ4n) is 1.11. The number of benzene rings is 1. The third-order valence-corrected chi connectivity index (χ3v) is 2.03. The molecule has 5 nitrogen and oxygen atoms in total. The van der Waals surface area contributed by atoms with Crippen LogP contribution in [0.15, 0.2) is 30.5 Å². The summed E-state index contributed by atoms with van der Waals surface area (Å²) in [4.78, 5) is 16.8. The van der Waals surface area contributed by atoms with Gasteiger partial charge in [-0.3, -0.25) is 0 Å². The molecule has 0 fully saturated rings. The van der Waals surface area contributed by atoms with E-state index in [1.54, 1.807) is 24.3 Å². The van der Waals surface area contributed by atoms with Crippen LogP contribution in [0, 0.1) is 0 Å². The zero-order valence-corrected chi connectivity index (χ0v) is 8.73. The van der Waals surface area contributed by atoms with E-state index in [9.17, 15) is 4.79 Å². The third kappa shape index (κ3) is 2.32. The predicted octanol–water partition coefficient (Wildman–Crippen LogP) is 2.55. The number of carboxylic acids is 1. The Bertz CT molecular complexity index is 524. The van der Waals surface area contributed by atoms with E-state index in [0.717, 1.165) is 0 Å². The Kier molecular flexibility index (Phi) is 2.78. The van der Waals surface area contributed by atoms with E-state index in [4.69, 9.17) is 21.4 Å². The molecule has 0 saturated heterocycles. The van der Waals surface area contributed by atoms with Gasteiger partial charge in [-0.2, -0.15) is 0 Å². The second-order valence-electron chi connectivity index (χ2n) is 2.97. The zero-order chi connectivity index (χ0) is 11.5. The Morgan fingerprint density at radius 3 is 2.94 bits per heavy atom. The molecule has 0 amide bonds. The van der Waals surface area contributed by atoms with Gasteiger partial charge in [0, 0.05) is 5.02 Å². The van der Waals surface area contributed by atoms with E-state index in [2.05, 4.69) is 9.97 Å². The molecule has 16 heavy (non-hydrogen) atoms. The van der Waals surface area contributed by atoms with Gasteiger partial charge >= 0.3 is 5.97 Å². The topological polar surface area (TPSA) is 75.2 Å². The van der Waals surface area contributed by atoms with Gasteiger partial charge in [0.15, 0.2) is 0 Å². The Hall–Kier alpha value is -2.01. The van der Waals surface area contributed by atoms with Gasteiger partial charge in [-0.25, -0.2) is 9.78 Å². The molecule has 0 aliphatic rings. The highest BCUT2D eigenvalue weighted by molar-refractivity contribution is 6.30. The maximum Gasteiger partial charge on any atom is 0.354 e. The Morgan fingerprint density at radius 2 is 2.31 bits per heavy atom. The van der Waals surface area contributed by atoms with E-state index in [-0.39, 0.29) is 11.7 Å². The van der Waals surface area contributed by atoms with E-state index >= 15 is 0 Å². The number of halogens is 1. The smallest absolute Gasteiger partial charge is 0.354 e. The molecule has 0 saturated carbocycles. The SMILES string of the molecule is O=C(O)c1cnc(Oc2cccc(Cl)c2)[nH]1. The van der Waals surface area contributed by atoms with Crippen LogP contribution >= 0.6 is 11.6 Å². The number of rotatable bonds is 3. The van der Waals surface area contributed by atoms with Crippen LogP contribution in [0.4, 0.5) is 0 Å². The summed E-state index contributed by atoms with van der Waals surface area (Å²) in [5.74, 6) is -0.604. The first kappa shape index (κ1) is 10.5. The molecule has 82 valence electrons. The fraction of sp³-hybridized carbons (Fsp3) is 0. The monoisotopic (exact) mass is 238 g/mol. The van der Waals surface area contributed by atoms with E-state index in [0.29, 0.717) is 10.8 Å². The van der Waals surface area contributed by atoms with Crippen molar-refractivity contribution in [3.63, 3.8) is 0 Å². The van der Waals surface area contributed by atoms with Gasteiger partial charge in [0.05, 0.1) is 6.20 Å². The highest BCUT2D eigenvalue weighted by Crippen LogP contribution is 2.21. The van der Waals surface area contributed by atoms with Crippen molar-refractivity contribution in [1.82, 2.24) is 9.97 Å². The summed E-state index contributed by atoms with van der Waals surface area (Å²) in [5.41, 5.74) is -0.0305. The van der Waals surface area contributed by atoms with Crippen molar-refractivity contribution in [3.8, 4) is 11.8 Å². The van der Waals surface area contributed by atoms with E-state index in [1.807, 2.05) is 0 Å². The number of hydrogen-bond donors (Lipinski definition) is 2. The first-order valence-corrected chi connectivity index (χ1v) is 4.74. The van der Waals surface area contributed by atoms with Crippen molar-refractivity contribution in [1.29, 1.82) is 0 Å². The number of H-pyrrole nitrogens is 1. The molecule has 0 bridgehead atoms. The average molecular weight is 239 g/mol. The summed E-state index contributed by atoms with van der Waals surface area (Å²) in [6.45, 7) is 0. The number of nitrogens with one attached hydrogen (secondary N) is 1. The normalized spacial score (nSPS) is 10.1. The van der Waals surface area contributed by atoms with Gasteiger partial charge in [0.1, 0.15) is 11.4 Å². The molecule has 0 unspecified atom stereocenters. The van der Waals surface area contributed by atoms with Gasteiger partial charge in [0.2, 0.25) is 0 Å². The second kappa shape index (κ2) is 4.24. The lowest BCUT2D eigenvalue weighted by Crippen LogP contribution is -1.95. The zero-order valence-electron chi connectivity index (χ0n) is 7.98. The van der Waals surface area contributed by atoms with Crippen molar-refractivity contribution in [2.24, 2.45) is 0 Å². The molecule has 0 aliphatic heterocycles. The minimum atomic E-state index is -1.09. The van der Waals surface area contributed by atoms with Crippen LogP contribution in [0.1, 0.15) is 10.5 Å². The fourth-order valence-corrected chi connectivity index (χ4v) is 1.29. The first-order chi connectivity index (χ1) is 7.65. The standard InChI is InChI=1S/C10H7ClN2O3/c11-6-2-1-3-7(4-6)16-10-12-5-8(13-10)9(14)15/h1-5H,(H,12,13)(H,14,15). The molecule has 2 rings (SSSR count). The summed E-state index contributed by atoms with van der Waals surface area (Å²) in [5, 5.41) is 9.19. The highest BCUT2D eigenvalue weighted by atomic mass is 35.5. The van der Waals surface area contributed by atoms with Crippen molar-refractivity contribution < 1.29 is 14.6 Å². The Labute approximate surface area is 95.7 Å². The second-order valence-corrected chi connectivity index (χ2v) is 3.40. The summed E-state index contributed by atoms with van der Waals surface area (Å²) < 4.78 is 5.28. The quantitative estimate of drug-likeness (QED) is 0.862. The molecule has 0 atom stereocenters. The number of aromatic nitrogens is 2. The van der Waals surface area contributed by atoms with Crippen LogP contribution in [-0.2, 0) is 0 Å². The molecule has 2 N–H and O–H groups in total. The lowest BCUT2D eigenvalue weighted by Gasteiger charge is -2.01. The lowest BCUT2D eigenvalue weighted by molar-refractivity contribution is 0.0690. The number of carboxylic acid groups (broad SMARTS) is 1. The van der Waals surface area contributed by atoms with Gasteiger partial charge in [0.25, 0.3) is 6.01 Å². The van der Waals surface area contributed by atoms with Crippen LogP contribution in [0.25, 0.3) is 0 Å². The molecular formula is C10H7ClN2O3.